The molecule has 1 atom stereocenters. The second-order valence-electron chi connectivity index (χ2n) is 7.42. The van der Waals surface area contributed by atoms with Crippen LogP contribution in [0.15, 0.2) is 0 Å². The molecule has 1 N–H and O–H groups in total. The van der Waals surface area contributed by atoms with Gasteiger partial charge in [0, 0.05) is 7.11 Å². The quantitative estimate of drug-likeness (QED) is 0.221. The Kier molecular flexibility index (Phi) is 20.2. The van der Waals surface area contributed by atoms with E-state index in [1.165, 1.54) is 77.0 Å². The predicted octanol–water partition coefficient (Wildman–Crippen LogP) is 5.66. The number of carbonyl (C=O) groups is 1. The molecule has 0 aromatic rings. The lowest BCUT2D eigenvalue weighted by Gasteiger charge is -2.13. The number of hydrogen-bond acceptors (Lipinski definition) is 4. The van der Waals surface area contributed by atoms with Gasteiger partial charge in [-0.05, 0) is 6.42 Å². The number of unbranched alkanes of at least 4 members (excludes halogenated alkanes) is 13. The zero-order valence-electron chi connectivity index (χ0n) is 17.5. The third kappa shape index (κ3) is 16.8. The number of rotatable bonds is 20. The second kappa shape index (κ2) is 20.7. The van der Waals surface area contributed by atoms with Crippen LogP contribution in [-0.4, -0.2) is 38.0 Å². The van der Waals surface area contributed by atoms with E-state index in [9.17, 15) is 9.90 Å². The molecule has 26 heavy (non-hydrogen) atoms. The van der Waals surface area contributed by atoms with Crippen LogP contribution in [0.4, 0.5) is 0 Å². The minimum atomic E-state index is -0.371. The monoisotopic (exact) mass is 372 g/mol. The molecule has 0 saturated carbocycles. The van der Waals surface area contributed by atoms with Crippen molar-refractivity contribution in [2.75, 3.05) is 26.9 Å². The maximum atomic E-state index is 11.8. The smallest absolute Gasteiger partial charge is 0.311 e. The van der Waals surface area contributed by atoms with Gasteiger partial charge in [0.05, 0.1) is 19.1 Å². The molecule has 4 heteroatoms. The van der Waals surface area contributed by atoms with Crippen LogP contribution in [0.2, 0.25) is 0 Å². The zero-order valence-corrected chi connectivity index (χ0v) is 17.5. The van der Waals surface area contributed by atoms with Gasteiger partial charge in [0.1, 0.15) is 6.61 Å². The van der Waals surface area contributed by atoms with Crippen LogP contribution in [0, 0.1) is 5.92 Å². The minimum Gasteiger partial charge on any atom is -0.463 e. The molecule has 0 heterocycles. The number of ether oxygens (including phenoxy) is 2. The molecule has 0 rings (SSSR count). The Bertz CT molecular complexity index is 294. The first-order valence-corrected chi connectivity index (χ1v) is 11.0. The second-order valence-corrected chi connectivity index (χ2v) is 7.42. The topological polar surface area (TPSA) is 55.8 Å². The molecule has 0 saturated heterocycles. The molecule has 0 aliphatic carbocycles. The molecule has 0 aromatic carbocycles. The number of hydrogen-bond donors (Lipinski definition) is 1. The highest BCUT2D eigenvalue weighted by Crippen LogP contribution is 2.15. The van der Waals surface area contributed by atoms with Crippen LogP contribution in [0.3, 0.4) is 0 Å². The molecule has 0 fully saturated rings. The van der Waals surface area contributed by atoms with Crippen LogP contribution in [0.5, 0.6) is 0 Å². The minimum absolute atomic E-state index is 0.121. The number of carbonyl (C=O) groups excluding carboxylic acids is 1. The highest BCUT2D eigenvalue weighted by atomic mass is 16.6. The fourth-order valence-electron chi connectivity index (χ4n) is 3.21. The van der Waals surface area contributed by atoms with Crippen molar-refractivity contribution in [1.82, 2.24) is 0 Å². The number of esters is 1. The highest BCUT2D eigenvalue weighted by molar-refractivity contribution is 5.72. The molecule has 0 bridgehead atoms. The lowest BCUT2D eigenvalue weighted by molar-refractivity contribution is -0.151. The number of aliphatic hydroxyl groups is 1. The van der Waals surface area contributed by atoms with Crippen LogP contribution in [-0.2, 0) is 14.3 Å². The van der Waals surface area contributed by atoms with Gasteiger partial charge in [0.15, 0.2) is 0 Å². The van der Waals surface area contributed by atoms with E-state index in [2.05, 4.69) is 6.92 Å². The van der Waals surface area contributed by atoms with Gasteiger partial charge in [-0.3, -0.25) is 4.79 Å². The predicted molar refractivity (Wildman–Crippen MR) is 108 cm³/mol. The van der Waals surface area contributed by atoms with E-state index < -0.39 is 0 Å². The van der Waals surface area contributed by atoms with Gasteiger partial charge in [-0.2, -0.15) is 0 Å². The summed E-state index contributed by atoms with van der Waals surface area (Å²) in [7, 11) is 1.58. The Labute approximate surface area is 162 Å². The summed E-state index contributed by atoms with van der Waals surface area (Å²) in [6.45, 7) is 2.82. The lowest BCUT2D eigenvalue weighted by Crippen LogP contribution is -2.22. The molecule has 4 nitrogen and oxygen atoms in total. The van der Waals surface area contributed by atoms with Crippen molar-refractivity contribution in [2.24, 2.45) is 5.92 Å². The average molecular weight is 373 g/mol. The van der Waals surface area contributed by atoms with Crippen molar-refractivity contribution in [2.45, 2.75) is 103 Å². The molecule has 0 amide bonds. The third-order valence-electron chi connectivity index (χ3n) is 4.99. The first kappa shape index (κ1) is 25.4. The van der Waals surface area contributed by atoms with Crippen LogP contribution >= 0.6 is 0 Å². The average Bonchev–Trinajstić information content (AvgIpc) is 2.65. The first-order chi connectivity index (χ1) is 12.8. The van der Waals surface area contributed by atoms with Crippen molar-refractivity contribution in [3.8, 4) is 0 Å². The van der Waals surface area contributed by atoms with E-state index in [1.54, 1.807) is 7.11 Å². The van der Waals surface area contributed by atoms with Crippen LogP contribution < -0.4 is 0 Å². The summed E-state index contributed by atoms with van der Waals surface area (Å²) in [5, 5.41) is 9.32. The summed E-state index contributed by atoms with van der Waals surface area (Å²) >= 11 is 0. The summed E-state index contributed by atoms with van der Waals surface area (Å²) in [6.07, 6.45) is 19.2. The largest absolute Gasteiger partial charge is 0.463 e. The SMILES string of the molecule is CCCCCCCCCCCCCCCCC(CO)C(=O)OCCOC. The number of methoxy groups -OCH3 is 1. The van der Waals surface area contributed by atoms with E-state index in [-0.39, 0.29) is 25.1 Å². The van der Waals surface area contributed by atoms with E-state index in [0.717, 1.165) is 19.3 Å². The summed E-state index contributed by atoms with van der Waals surface area (Å²) in [5.74, 6) is -0.663. The Morgan fingerprint density at radius 2 is 1.23 bits per heavy atom. The van der Waals surface area contributed by atoms with Gasteiger partial charge < -0.3 is 14.6 Å². The molecule has 0 spiro atoms. The van der Waals surface area contributed by atoms with E-state index in [1.807, 2.05) is 0 Å². The molecule has 0 aromatic heterocycles. The summed E-state index contributed by atoms with van der Waals surface area (Å²) in [5.41, 5.74) is 0. The Balaban J connectivity index is 3.34. The summed E-state index contributed by atoms with van der Waals surface area (Å²) < 4.78 is 9.93. The van der Waals surface area contributed by atoms with Crippen LogP contribution in [0.1, 0.15) is 103 Å². The molecule has 1 unspecified atom stereocenters. The van der Waals surface area contributed by atoms with Crippen molar-refractivity contribution in [1.29, 1.82) is 0 Å². The van der Waals surface area contributed by atoms with E-state index in [4.69, 9.17) is 9.47 Å². The molecular weight excluding hydrogens is 328 g/mol. The molecule has 0 radical (unpaired) electrons. The maximum Gasteiger partial charge on any atom is 0.311 e. The normalized spacial score (nSPS) is 12.3. The van der Waals surface area contributed by atoms with Crippen molar-refractivity contribution in [3.63, 3.8) is 0 Å². The fourth-order valence-corrected chi connectivity index (χ4v) is 3.21. The Morgan fingerprint density at radius 1 is 0.769 bits per heavy atom. The molecule has 156 valence electrons. The van der Waals surface area contributed by atoms with Gasteiger partial charge in [-0.1, -0.05) is 96.8 Å². The Hall–Kier alpha value is -0.610. The van der Waals surface area contributed by atoms with Gasteiger partial charge in [-0.15, -0.1) is 0 Å². The van der Waals surface area contributed by atoms with Gasteiger partial charge in [0.25, 0.3) is 0 Å². The van der Waals surface area contributed by atoms with Gasteiger partial charge in [0.2, 0.25) is 0 Å². The Morgan fingerprint density at radius 3 is 1.65 bits per heavy atom. The van der Waals surface area contributed by atoms with Crippen LogP contribution in [0.25, 0.3) is 0 Å². The van der Waals surface area contributed by atoms with Gasteiger partial charge >= 0.3 is 5.97 Å². The molecule has 0 aliphatic heterocycles. The highest BCUT2D eigenvalue weighted by Gasteiger charge is 2.18. The van der Waals surface area contributed by atoms with E-state index in [0.29, 0.717) is 6.61 Å². The molecular formula is C22H44O4. The van der Waals surface area contributed by atoms with Crippen molar-refractivity contribution in [3.05, 3.63) is 0 Å². The number of aliphatic hydroxyl groups excluding tert-OH is 1. The van der Waals surface area contributed by atoms with E-state index >= 15 is 0 Å². The first-order valence-electron chi connectivity index (χ1n) is 11.0. The van der Waals surface area contributed by atoms with Crippen molar-refractivity contribution >= 4 is 5.97 Å². The fraction of sp³-hybridized carbons (Fsp3) is 0.955. The summed E-state index contributed by atoms with van der Waals surface area (Å²) in [6, 6.07) is 0. The lowest BCUT2D eigenvalue weighted by atomic mass is 10.0. The maximum absolute atomic E-state index is 11.8. The zero-order chi connectivity index (χ0) is 19.3. The summed E-state index contributed by atoms with van der Waals surface area (Å²) in [4.78, 5) is 11.8. The molecule has 0 aliphatic rings. The van der Waals surface area contributed by atoms with Gasteiger partial charge in [-0.25, -0.2) is 0 Å². The standard InChI is InChI=1S/C22H44O4/c1-3-4-5-6-7-8-9-10-11-12-13-14-15-16-17-21(20-23)22(24)26-19-18-25-2/h21,23H,3-20H2,1-2H3. The van der Waals surface area contributed by atoms with Crippen molar-refractivity contribution < 1.29 is 19.4 Å². The third-order valence-corrected chi connectivity index (χ3v) is 4.99.